The summed E-state index contributed by atoms with van der Waals surface area (Å²) >= 11 is 0. The summed E-state index contributed by atoms with van der Waals surface area (Å²) in [5.74, 6) is 2.58. The molecule has 0 amide bonds. The van der Waals surface area contributed by atoms with Gasteiger partial charge in [-0.3, -0.25) is 4.79 Å². The van der Waals surface area contributed by atoms with Crippen LogP contribution in [0.15, 0.2) is 48.5 Å². The molecule has 4 atom stereocenters. The van der Waals surface area contributed by atoms with Crippen LogP contribution in [0.5, 0.6) is 5.75 Å². The molecule has 0 radical (unpaired) electrons. The molecule has 4 nitrogen and oxygen atoms in total. The van der Waals surface area contributed by atoms with Crippen molar-refractivity contribution >= 4 is 11.8 Å². The fourth-order valence-electron chi connectivity index (χ4n) is 6.34. The molecule has 2 fully saturated rings. The van der Waals surface area contributed by atoms with Crippen molar-refractivity contribution in [3.8, 4) is 5.75 Å². The number of rotatable bonds is 5. The van der Waals surface area contributed by atoms with Gasteiger partial charge in [-0.25, -0.2) is 4.79 Å². The summed E-state index contributed by atoms with van der Waals surface area (Å²) in [5, 5.41) is 0. The average Bonchev–Trinajstić information content (AvgIpc) is 3.11. The predicted octanol–water partition coefficient (Wildman–Crippen LogP) is 5.23. The van der Waals surface area contributed by atoms with Gasteiger partial charge in [-0.2, -0.15) is 0 Å². The molecule has 0 spiro atoms. The summed E-state index contributed by atoms with van der Waals surface area (Å²) in [6, 6.07) is 15.9. The zero-order valence-corrected chi connectivity index (χ0v) is 18.1. The SMILES string of the molecule is CC12CCC3c4ccc(OCC(=O)OCc5ccccc5)cc4CCC3C1CCC2=O. The summed E-state index contributed by atoms with van der Waals surface area (Å²) in [7, 11) is 0. The minimum atomic E-state index is -0.362. The summed E-state index contributed by atoms with van der Waals surface area (Å²) < 4.78 is 11.0. The Morgan fingerprint density at radius 1 is 1.06 bits per heavy atom. The van der Waals surface area contributed by atoms with Crippen LogP contribution in [0.1, 0.15) is 61.6 Å². The Bertz CT molecular complexity index is 982. The average molecular weight is 419 g/mol. The number of aryl methyl sites for hydroxylation is 1. The Morgan fingerprint density at radius 3 is 2.74 bits per heavy atom. The molecule has 0 saturated heterocycles. The van der Waals surface area contributed by atoms with E-state index >= 15 is 0 Å². The third kappa shape index (κ3) is 3.77. The molecule has 0 aliphatic heterocycles. The van der Waals surface area contributed by atoms with Gasteiger partial charge in [0, 0.05) is 11.8 Å². The number of Topliss-reactive ketones (excluding diaryl/α,β-unsaturated/α-hetero) is 1. The van der Waals surface area contributed by atoms with E-state index < -0.39 is 0 Å². The molecule has 3 aliphatic rings. The summed E-state index contributed by atoms with van der Waals surface area (Å²) in [5.41, 5.74) is 3.65. The first kappa shape index (κ1) is 20.3. The summed E-state index contributed by atoms with van der Waals surface area (Å²) in [6.45, 7) is 2.39. The van der Waals surface area contributed by atoms with Crippen LogP contribution in [0.25, 0.3) is 0 Å². The number of hydrogen-bond acceptors (Lipinski definition) is 4. The van der Waals surface area contributed by atoms with Crippen LogP contribution in [0.2, 0.25) is 0 Å². The largest absolute Gasteiger partial charge is 0.482 e. The van der Waals surface area contributed by atoms with Gasteiger partial charge in [-0.15, -0.1) is 0 Å². The first-order valence-corrected chi connectivity index (χ1v) is 11.5. The van der Waals surface area contributed by atoms with Crippen molar-refractivity contribution in [2.45, 2.75) is 58.0 Å². The second kappa shape index (κ2) is 8.14. The lowest BCUT2D eigenvalue weighted by atomic mass is 9.55. The van der Waals surface area contributed by atoms with Crippen LogP contribution >= 0.6 is 0 Å². The quantitative estimate of drug-likeness (QED) is 0.624. The lowest BCUT2D eigenvalue weighted by Gasteiger charge is -2.48. The number of ether oxygens (including phenoxy) is 2. The Morgan fingerprint density at radius 2 is 1.90 bits per heavy atom. The monoisotopic (exact) mass is 418 g/mol. The van der Waals surface area contributed by atoms with Crippen LogP contribution < -0.4 is 4.74 Å². The van der Waals surface area contributed by atoms with E-state index in [-0.39, 0.29) is 24.6 Å². The standard InChI is InChI=1S/C27H30O4/c1-27-14-13-22-21-10-8-20(30-17-26(29)31-16-18-5-3-2-4-6-18)15-19(21)7-9-23(22)24(27)11-12-25(27)28/h2-6,8,10,15,22-24H,7,9,11-14,16-17H2,1H3. The van der Waals surface area contributed by atoms with Crippen molar-refractivity contribution in [3.05, 3.63) is 65.2 Å². The van der Waals surface area contributed by atoms with Gasteiger partial charge >= 0.3 is 5.97 Å². The van der Waals surface area contributed by atoms with E-state index in [4.69, 9.17) is 9.47 Å². The third-order valence-corrected chi connectivity index (χ3v) is 8.01. The van der Waals surface area contributed by atoms with E-state index in [2.05, 4.69) is 19.1 Å². The molecule has 0 N–H and O–H groups in total. The minimum Gasteiger partial charge on any atom is -0.482 e. The van der Waals surface area contributed by atoms with Crippen LogP contribution in [-0.2, 0) is 27.4 Å². The second-order valence-electron chi connectivity index (χ2n) is 9.63. The van der Waals surface area contributed by atoms with Crippen molar-refractivity contribution < 1.29 is 19.1 Å². The Hall–Kier alpha value is -2.62. The van der Waals surface area contributed by atoms with E-state index in [1.54, 1.807) is 0 Å². The molecular weight excluding hydrogens is 388 g/mol. The molecule has 3 aliphatic carbocycles. The molecule has 31 heavy (non-hydrogen) atoms. The minimum absolute atomic E-state index is 0.0815. The van der Waals surface area contributed by atoms with Gasteiger partial charge < -0.3 is 9.47 Å². The number of ketones is 1. The highest BCUT2D eigenvalue weighted by molar-refractivity contribution is 5.87. The van der Waals surface area contributed by atoms with Crippen molar-refractivity contribution in [1.29, 1.82) is 0 Å². The van der Waals surface area contributed by atoms with Crippen LogP contribution in [0, 0.1) is 17.3 Å². The van der Waals surface area contributed by atoms with E-state index in [1.165, 1.54) is 11.1 Å². The van der Waals surface area contributed by atoms with E-state index in [1.807, 2.05) is 36.4 Å². The second-order valence-corrected chi connectivity index (χ2v) is 9.63. The van der Waals surface area contributed by atoms with Gasteiger partial charge in [-0.1, -0.05) is 43.3 Å². The normalized spacial score (nSPS) is 28.9. The van der Waals surface area contributed by atoms with Crippen molar-refractivity contribution in [2.75, 3.05) is 6.61 Å². The van der Waals surface area contributed by atoms with Gasteiger partial charge in [-0.05, 0) is 78.7 Å². The van der Waals surface area contributed by atoms with Crippen molar-refractivity contribution in [3.63, 3.8) is 0 Å². The van der Waals surface area contributed by atoms with Gasteiger partial charge in [0.25, 0.3) is 0 Å². The number of esters is 1. The maximum Gasteiger partial charge on any atom is 0.344 e. The lowest BCUT2D eigenvalue weighted by molar-refractivity contribution is -0.147. The number of carbonyl (C=O) groups excluding carboxylic acids is 2. The number of hydrogen-bond donors (Lipinski definition) is 0. The number of benzene rings is 2. The molecule has 0 aromatic heterocycles. The number of fused-ring (bicyclic) bond motifs is 5. The Balaban J connectivity index is 1.21. The smallest absolute Gasteiger partial charge is 0.344 e. The molecule has 0 bridgehead atoms. The van der Waals surface area contributed by atoms with Crippen LogP contribution in [0.3, 0.4) is 0 Å². The number of carbonyl (C=O) groups is 2. The van der Waals surface area contributed by atoms with Gasteiger partial charge in [0.1, 0.15) is 18.1 Å². The fourth-order valence-corrected chi connectivity index (χ4v) is 6.34. The molecule has 2 aromatic carbocycles. The van der Waals surface area contributed by atoms with Gasteiger partial charge in [0.15, 0.2) is 6.61 Å². The first-order valence-electron chi connectivity index (χ1n) is 11.5. The Labute approximate surface area is 183 Å². The maximum absolute atomic E-state index is 12.5. The van der Waals surface area contributed by atoms with Gasteiger partial charge in [0.2, 0.25) is 0 Å². The molecule has 0 heterocycles. The topological polar surface area (TPSA) is 52.6 Å². The van der Waals surface area contributed by atoms with Crippen LogP contribution in [0.4, 0.5) is 0 Å². The van der Waals surface area contributed by atoms with E-state index in [0.717, 1.165) is 49.8 Å². The Kier molecular flexibility index (Phi) is 5.33. The van der Waals surface area contributed by atoms with Crippen LogP contribution in [-0.4, -0.2) is 18.4 Å². The van der Waals surface area contributed by atoms with Crippen molar-refractivity contribution in [2.24, 2.45) is 17.3 Å². The predicted molar refractivity (Wildman–Crippen MR) is 118 cm³/mol. The van der Waals surface area contributed by atoms with E-state index in [9.17, 15) is 9.59 Å². The molecule has 4 heteroatoms. The zero-order valence-electron chi connectivity index (χ0n) is 18.1. The molecule has 4 unspecified atom stereocenters. The highest BCUT2D eigenvalue weighted by atomic mass is 16.6. The highest BCUT2D eigenvalue weighted by Gasteiger charge is 2.54. The zero-order chi connectivity index (χ0) is 21.4. The van der Waals surface area contributed by atoms with Gasteiger partial charge in [0.05, 0.1) is 0 Å². The molecular formula is C27H30O4. The van der Waals surface area contributed by atoms with E-state index in [0.29, 0.717) is 23.5 Å². The lowest BCUT2D eigenvalue weighted by Crippen LogP contribution is -2.42. The molecule has 2 aromatic rings. The maximum atomic E-state index is 12.5. The highest BCUT2D eigenvalue weighted by Crippen LogP contribution is 2.59. The van der Waals surface area contributed by atoms with Crippen molar-refractivity contribution in [1.82, 2.24) is 0 Å². The first-order chi connectivity index (χ1) is 15.0. The molecule has 5 rings (SSSR count). The fraction of sp³-hybridized carbons (Fsp3) is 0.481. The molecule has 2 saturated carbocycles. The molecule has 162 valence electrons. The summed E-state index contributed by atoms with van der Waals surface area (Å²) in [4.78, 5) is 24.5. The third-order valence-electron chi connectivity index (χ3n) is 8.01. The summed E-state index contributed by atoms with van der Waals surface area (Å²) in [6.07, 6.45) is 6.12.